The maximum absolute atomic E-state index is 13.5. The Balaban J connectivity index is 1.94. The summed E-state index contributed by atoms with van der Waals surface area (Å²) in [5.74, 6) is -0.357. The predicted octanol–water partition coefficient (Wildman–Crippen LogP) is 0.677. The minimum absolute atomic E-state index is 0.0554. The van der Waals surface area contributed by atoms with Gasteiger partial charge < -0.3 is 14.5 Å². The van der Waals surface area contributed by atoms with Gasteiger partial charge in [-0.15, -0.1) is 0 Å². The van der Waals surface area contributed by atoms with Crippen LogP contribution in [-0.2, 0) is 16.0 Å². The maximum atomic E-state index is 13.5. The van der Waals surface area contributed by atoms with Crippen molar-refractivity contribution in [3.05, 3.63) is 29.6 Å². The van der Waals surface area contributed by atoms with E-state index < -0.39 is 5.82 Å². The molecule has 2 amide bonds. The standard InChI is InChI=1S/C14H17FN2O3/c1-20-13-3-2-11(8-12(13)15)9-14(19)17-6-4-16(10-18)5-7-17/h2-3,8,10H,4-7,9H2,1H3. The van der Waals surface area contributed by atoms with Crippen LogP contribution in [0.4, 0.5) is 4.39 Å². The average Bonchev–Trinajstić information content (AvgIpc) is 2.47. The third-order valence-electron chi connectivity index (χ3n) is 3.39. The zero-order chi connectivity index (χ0) is 14.5. The van der Waals surface area contributed by atoms with Crippen molar-refractivity contribution in [2.75, 3.05) is 33.3 Å². The first-order chi connectivity index (χ1) is 9.63. The number of ether oxygens (including phenoxy) is 1. The average molecular weight is 280 g/mol. The topological polar surface area (TPSA) is 49.9 Å². The van der Waals surface area contributed by atoms with Gasteiger partial charge in [-0.25, -0.2) is 4.39 Å². The second-order valence-corrected chi connectivity index (χ2v) is 4.67. The number of carbonyl (C=O) groups excluding carboxylic acids is 2. The molecule has 0 N–H and O–H groups in total. The zero-order valence-corrected chi connectivity index (χ0v) is 11.3. The van der Waals surface area contributed by atoms with Gasteiger partial charge in [0, 0.05) is 26.2 Å². The van der Waals surface area contributed by atoms with Crippen LogP contribution >= 0.6 is 0 Å². The highest BCUT2D eigenvalue weighted by molar-refractivity contribution is 5.79. The van der Waals surface area contributed by atoms with Gasteiger partial charge in [0.25, 0.3) is 0 Å². The number of amides is 2. The third-order valence-corrected chi connectivity index (χ3v) is 3.39. The molecule has 108 valence electrons. The second kappa shape index (κ2) is 6.36. The number of rotatable bonds is 4. The van der Waals surface area contributed by atoms with Crippen LogP contribution in [0.2, 0.25) is 0 Å². The number of halogens is 1. The number of benzene rings is 1. The molecule has 1 fully saturated rings. The highest BCUT2D eigenvalue weighted by Crippen LogP contribution is 2.18. The Morgan fingerprint density at radius 3 is 2.60 bits per heavy atom. The first-order valence-corrected chi connectivity index (χ1v) is 6.43. The van der Waals surface area contributed by atoms with Crippen LogP contribution in [-0.4, -0.2) is 55.4 Å². The smallest absolute Gasteiger partial charge is 0.227 e. The van der Waals surface area contributed by atoms with E-state index in [1.54, 1.807) is 15.9 Å². The van der Waals surface area contributed by atoms with Crippen LogP contribution in [0.25, 0.3) is 0 Å². The number of carbonyl (C=O) groups is 2. The van der Waals surface area contributed by atoms with Gasteiger partial charge in [0.05, 0.1) is 13.5 Å². The number of hydrogen-bond donors (Lipinski definition) is 0. The lowest BCUT2D eigenvalue weighted by atomic mass is 10.1. The molecule has 0 unspecified atom stereocenters. The van der Waals surface area contributed by atoms with E-state index in [0.717, 1.165) is 6.41 Å². The molecular formula is C14H17FN2O3. The van der Waals surface area contributed by atoms with Crippen LogP contribution in [0.1, 0.15) is 5.56 Å². The van der Waals surface area contributed by atoms with Crippen molar-refractivity contribution in [1.82, 2.24) is 9.80 Å². The van der Waals surface area contributed by atoms with E-state index in [0.29, 0.717) is 31.7 Å². The zero-order valence-electron chi connectivity index (χ0n) is 11.3. The molecule has 0 aromatic heterocycles. The molecule has 1 aromatic rings. The molecule has 0 saturated carbocycles. The molecule has 5 nitrogen and oxygen atoms in total. The van der Waals surface area contributed by atoms with Gasteiger partial charge in [-0.1, -0.05) is 6.07 Å². The molecule has 1 heterocycles. The second-order valence-electron chi connectivity index (χ2n) is 4.67. The summed E-state index contributed by atoms with van der Waals surface area (Å²) >= 11 is 0. The minimum Gasteiger partial charge on any atom is -0.494 e. The first-order valence-electron chi connectivity index (χ1n) is 6.43. The van der Waals surface area contributed by atoms with Crippen molar-refractivity contribution in [3.63, 3.8) is 0 Å². The summed E-state index contributed by atoms with van der Waals surface area (Å²) < 4.78 is 18.4. The monoisotopic (exact) mass is 280 g/mol. The molecule has 6 heteroatoms. The van der Waals surface area contributed by atoms with Gasteiger partial charge in [0.15, 0.2) is 11.6 Å². The Kier molecular flexibility index (Phi) is 4.55. The van der Waals surface area contributed by atoms with E-state index >= 15 is 0 Å². The van der Waals surface area contributed by atoms with E-state index in [2.05, 4.69) is 0 Å². The van der Waals surface area contributed by atoms with Gasteiger partial charge in [-0.3, -0.25) is 9.59 Å². The Hall–Kier alpha value is -2.11. The van der Waals surface area contributed by atoms with Crippen molar-refractivity contribution >= 4 is 12.3 Å². The van der Waals surface area contributed by atoms with E-state index in [-0.39, 0.29) is 18.1 Å². The molecule has 0 aliphatic carbocycles. The molecule has 0 atom stereocenters. The fraction of sp³-hybridized carbons (Fsp3) is 0.429. The molecule has 1 aliphatic heterocycles. The number of hydrogen-bond acceptors (Lipinski definition) is 3. The Labute approximate surface area is 116 Å². The Morgan fingerprint density at radius 1 is 1.35 bits per heavy atom. The third kappa shape index (κ3) is 3.26. The van der Waals surface area contributed by atoms with Gasteiger partial charge in [0.1, 0.15) is 0 Å². The molecule has 1 saturated heterocycles. The van der Waals surface area contributed by atoms with Gasteiger partial charge in [0.2, 0.25) is 12.3 Å². The Bertz CT molecular complexity index is 499. The number of nitrogens with zero attached hydrogens (tertiary/aromatic N) is 2. The predicted molar refractivity (Wildman–Crippen MR) is 70.9 cm³/mol. The van der Waals surface area contributed by atoms with E-state index in [1.807, 2.05) is 0 Å². The van der Waals surface area contributed by atoms with Gasteiger partial charge in [-0.2, -0.15) is 0 Å². The molecule has 0 bridgehead atoms. The minimum atomic E-state index is -0.469. The van der Waals surface area contributed by atoms with Crippen molar-refractivity contribution in [1.29, 1.82) is 0 Å². The molecule has 0 spiro atoms. The molecule has 0 radical (unpaired) electrons. The fourth-order valence-electron chi connectivity index (χ4n) is 2.18. The van der Waals surface area contributed by atoms with Crippen LogP contribution in [0.3, 0.4) is 0 Å². The normalized spacial score (nSPS) is 15.1. The van der Waals surface area contributed by atoms with Crippen molar-refractivity contribution < 1.29 is 18.7 Å². The van der Waals surface area contributed by atoms with Gasteiger partial charge in [-0.05, 0) is 17.7 Å². The molecule has 20 heavy (non-hydrogen) atoms. The highest BCUT2D eigenvalue weighted by Gasteiger charge is 2.20. The van der Waals surface area contributed by atoms with Crippen LogP contribution in [0, 0.1) is 5.82 Å². The maximum Gasteiger partial charge on any atom is 0.227 e. The van der Waals surface area contributed by atoms with Gasteiger partial charge >= 0.3 is 0 Å². The summed E-state index contributed by atoms with van der Waals surface area (Å²) in [4.78, 5) is 26.0. The quantitative estimate of drug-likeness (QED) is 0.762. The lowest BCUT2D eigenvalue weighted by Gasteiger charge is -2.32. The van der Waals surface area contributed by atoms with E-state index in [1.165, 1.54) is 19.2 Å². The number of piperazine rings is 1. The summed E-state index contributed by atoms with van der Waals surface area (Å²) in [5.41, 5.74) is 0.617. The highest BCUT2D eigenvalue weighted by atomic mass is 19.1. The van der Waals surface area contributed by atoms with Crippen LogP contribution < -0.4 is 4.74 Å². The molecule has 1 aliphatic rings. The first kappa shape index (κ1) is 14.3. The SMILES string of the molecule is COc1ccc(CC(=O)N2CCN(C=O)CC2)cc1F. The summed E-state index contributed by atoms with van der Waals surface area (Å²) in [6.45, 7) is 2.14. The summed E-state index contributed by atoms with van der Waals surface area (Å²) in [7, 11) is 1.40. The number of methoxy groups -OCH3 is 1. The molecule has 2 rings (SSSR count). The summed E-state index contributed by atoms with van der Waals surface area (Å²) in [5, 5.41) is 0. The molecule has 1 aromatic carbocycles. The van der Waals surface area contributed by atoms with Crippen molar-refractivity contribution in [3.8, 4) is 5.75 Å². The lowest BCUT2D eigenvalue weighted by Crippen LogP contribution is -2.48. The van der Waals surface area contributed by atoms with E-state index in [4.69, 9.17) is 4.74 Å². The summed E-state index contributed by atoms with van der Waals surface area (Å²) in [6, 6.07) is 4.52. The van der Waals surface area contributed by atoms with Crippen molar-refractivity contribution in [2.24, 2.45) is 0 Å². The van der Waals surface area contributed by atoms with Crippen LogP contribution in [0.15, 0.2) is 18.2 Å². The fourth-order valence-corrected chi connectivity index (χ4v) is 2.18. The largest absolute Gasteiger partial charge is 0.494 e. The Morgan fingerprint density at radius 2 is 2.05 bits per heavy atom. The molecular weight excluding hydrogens is 263 g/mol. The van der Waals surface area contributed by atoms with Crippen molar-refractivity contribution in [2.45, 2.75) is 6.42 Å². The lowest BCUT2D eigenvalue weighted by molar-refractivity contribution is -0.134. The van der Waals surface area contributed by atoms with Crippen LogP contribution in [0.5, 0.6) is 5.75 Å². The van der Waals surface area contributed by atoms with E-state index in [9.17, 15) is 14.0 Å². The summed E-state index contributed by atoms with van der Waals surface area (Å²) in [6.07, 6.45) is 0.947.